The molecular weight excluding hydrogens is 346 g/mol. The Kier molecular flexibility index (Phi) is 4.88. The zero-order valence-corrected chi connectivity index (χ0v) is 13.1. The van der Waals surface area contributed by atoms with Gasteiger partial charge in [-0.15, -0.1) is 0 Å². The first kappa shape index (κ1) is 13.4. The van der Waals surface area contributed by atoms with E-state index in [1.54, 1.807) is 7.11 Å². The first-order valence-corrected chi connectivity index (χ1v) is 7.78. The molecule has 0 atom stereocenters. The Labute approximate surface area is 120 Å². The van der Waals surface area contributed by atoms with Crippen LogP contribution in [0.15, 0.2) is 22.7 Å². The van der Waals surface area contributed by atoms with Gasteiger partial charge in [0.15, 0.2) is 0 Å². The molecule has 1 fully saturated rings. The number of anilines is 1. The van der Waals surface area contributed by atoms with Crippen molar-refractivity contribution >= 4 is 37.5 Å². The van der Waals surface area contributed by atoms with Crippen molar-refractivity contribution in [2.24, 2.45) is 0 Å². The summed E-state index contributed by atoms with van der Waals surface area (Å²) in [5.41, 5.74) is 2.59. The van der Waals surface area contributed by atoms with Crippen molar-refractivity contribution in [3.05, 3.63) is 28.2 Å². The molecule has 1 saturated heterocycles. The van der Waals surface area contributed by atoms with Crippen molar-refractivity contribution in [2.75, 3.05) is 25.1 Å². The highest BCUT2D eigenvalue weighted by Gasteiger charge is 2.20. The Hall–Kier alpha value is -0.0600. The Morgan fingerprint density at radius 2 is 2.06 bits per heavy atom. The molecule has 2 nitrogen and oxygen atoms in total. The molecule has 17 heavy (non-hydrogen) atoms. The number of benzene rings is 1. The van der Waals surface area contributed by atoms with Gasteiger partial charge in [-0.1, -0.05) is 22.0 Å². The maximum Gasteiger partial charge on any atom is 0.0605 e. The molecule has 1 aromatic rings. The van der Waals surface area contributed by atoms with E-state index in [4.69, 9.17) is 4.74 Å². The summed E-state index contributed by atoms with van der Waals surface area (Å²) in [7, 11) is 1.81. The number of hydrogen-bond acceptors (Lipinski definition) is 2. The van der Waals surface area contributed by atoms with Crippen LogP contribution in [0.4, 0.5) is 5.69 Å². The number of hydrogen-bond donors (Lipinski definition) is 0. The van der Waals surface area contributed by atoms with Crippen LogP contribution >= 0.6 is 31.9 Å². The standard InChI is InChI=1S/C13H17Br2NO/c1-17-11-4-6-16(7-5-11)13-3-2-10(9-14)8-12(13)15/h2-3,8,11H,4-7,9H2,1H3. The van der Waals surface area contributed by atoms with E-state index in [1.165, 1.54) is 15.7 Å². The third-order valence-electron chi connectivity index (χ3n) is 3.28. The number of ether oxygens (including phenoxy) is 1. The topological polar surface area (TPSA) is 12.5 Å². The van der Waals surface area contributed by atoms with Crippen molar-refractivity contribution in [3.63, 3.8) is 0 Å². The minimum atomic E-state index is 0.437. The molecular formula is C13H17Br2NO. The molecule has 0 radical (unpaired) electrons. The summed E-state index contributed by atoms with van der Waals surface area (Å²) >= 11 is 7.14. The van der Waals surface area contributed by atoms with E-state index in [0.717, 1.165) is 31.3 Å². The predicted octanol–water partition coefficient (Wildman–Crippen LogP) is 3.96. The highest BCUT2D eigenvalue weighted by molar-refractivity contribution is 9.10. The summed E-state index contributed by atoms with van der Waals surface area (Å²) < 4.78 is 6.58. The van der Waals surface area contributed by atoms with Gasteiger partial charge in [0.05, 0.1) is 11.8 Å². The third-order valence-corrected chi connectivity index (χ3v) is 4.57. The molecule has 2 rings (SSSR count). The van der Waals surface area contributed by atoms with Gasteiger partial charge in [-0.2, -0.15) is 0 Å². The van der Waals surface area contributed by atoms with Crippen molar-refractivity contribution < 1.29 is 4.74 Å². The van der Waals surface area contributed by atoms with Gasteiger partial charge in [0.25, 0.3) is 0 Å². The van der Waals surface area contributed by atoms with Crippen LogP contribution < -0.4 is 4.90 Å². The number of piperidine rings is 1. The van der Waals surface area contributed by atoms with Gasteiger partial charge in [0, 0.05) is 30.0 Å². The molecule has 0 saturated carbocycles. The Morgan fingerprint density at radius 1 is 1.35 bits per heavy atom. The lowest BCUT2D eigenvalue weighted by molar-refractivity contribution is 0.0819. The van der Waals surface area contributed by atoms with Crippen LogP contribution in [0.5, 0.6) is 0 Å². The number of alkyl halides is 1. The smallest absolute Gasteiger partial charge is 0.0605 e. The largest absolute Gasteiger partial charge is 0.381 e. The molecule has 0 aliphatic carbocycles. The number of nitrogens with zero attached hydrogens (tertiary/aromatic N) is 1. The van der Waals surface area contributed by atoms with Crippen LogP contribution in [0.1, 0.15) is 18.4 Å². The minimum absolute atomic E-state index is 0.437. The average molecular weight is 363 g/mol. The molecule has 94 valence electrons. The summed E-state index contributed by atoms with van der Waals surface area (Å²) in [6, 6.07) is 6.57. The van der Waals surface area contributed by atoms with Crippen molar-refractivity contribution in [3.8, 4) is 0 Å². The molecule has 0 aromatic heterocycles. The fourth-order valence-corrected chi connectivity index (χ4v) is 3.25. The van der Waals surface area contributed by atoms with E-state index in [9.17, 15) is 0 Å². The van der Waals surface area contributed by atoms with Crippen LogP contribution in [0.3, 0.4) is 0 Å². The number of methoxy groups -OCH3 is 1. The summed E-state index contributed by atoms with van der Waals surface area (Å²) in [4.78, 5) is 2.43. The van der Waals surface area contributed by atoms with Gasteiger partial charge in [0.1, 0.15) is 0 Å². The average Bonchev–Trinajstić information content (AvgIpc) is 2.39. The van der Waals surface area contributed by atoms with E-state index >= 15 is 0 Å². The van der Waals surface area contributed by atoms with E-state index in [-0.39, 0.29) is 0 Å². The summed E-state index contributed by atoms with van der Waals surface area (Å²) in [5, 5.41) is 0.900. The zero-order valence-electron chi connectivity index (χ0n) is 9.96. The van der Waals surface area contributed by atoms with Gasteiger partial charge in [-0.3, -0.25) is 0 Å². The van der Waals surface area contributed by atoms with E-state index < -0.39 is 0 Å². The van der Waals surface area contributed by atoms with Crippen LogP contribution in [-0.4, -0.2) is 26.3 Å². The molecule has 4 heteroatoms. The Bertz CT molecular complexity index is 376. The second-order valence-corrected chi connectivity index (χ2v) is 5.76. The van der Waals surface area contributed by atoms with E-state index in [1.807, 2.05) is 0 Å². The van der Waals surface area contributed by atoms with Gasteiger partial charge in [-0.05, 0) is 46.5 Å². The zero-order chi connectivity index (χ0) is 12.3. The SMILES string of the molecule is COC1CCN(c2ccc(CBr)cc2Br)CC1. The van der Waals surface area contributed by atoms with Crippen molar-refractivity contribution in [1.82, 2.24) is 0 Å². The van der Waals surface area contributed by atoms with Gasteiger partial charge >= 0.3 is 0 Å². The molecule has 1 aliphatic rings. The lowest BCUT2D eigenvalue weighted by Crippen LogP contribution is -2.36. The molecule has 0 N–H and O–H groups in total. The van der Waals surface area contributed by atoms with Gasteiger partial charge in [-0.25, -0.2) is 0 Å². The maximum absolute atomic E-state index is 5.40. The lowest BCUT2D eigenvalue weighted by Gasteiger charge is -2.33. The number of halogens is 2. The van der Waals surface area contributed by atoms with Gasteiger partial charge < -0.3 is 9.64 Å². The molecule has 1 aliphatic heterocycles. The quantitative estimate of drug-likeness (QED) is 0.754. The summed E-state index contributed by atoms with van der Waals surface area (Å²) in [6.07, 6.45) is 2.67. The first-order valence-electron chi connectivity index (χ1n) is 5.86. The Balaban J connectivity index is 2.08. The highest BCUT2D eigenvalue weighted by Crippen LogP contribution is 2.30. The summed E-state index contributed by atoms with van der Waals surface area (Å²) in [6.45, 7) is 2.15. The molecule has 1 aromatic carbocycles. The molecule has 1 heterocycles. The van der Waals surface area contributed by atoms with Crippen molar-refractivity contribution in [2.45, 2.75) is 24.3 Å². The second kappa shape index (κ2) is 6.21. The van der Waals surface area contributed by atoms with Crippen LogP contribution in [-0.2, 0) is 10.1 Å². The maximum atomic E-state index is 5.40. The fourth-order valence-electron chi connectivity index (χ4n) is 2.22. The van der Waals surface area contributed by atoms with Crippen LogP contribution in [0.25, 0.3) is 0 Å². The predicted molar refractivity (Wildman–Crippen MR) is 79.0 cm³/mol. The third kappa shape index (κ3) is 3.24. The van der Waals surface area contributed by atoms with Gasteiger partial charge in [0.2, 0.25) is 0 Å². The second-order valence-electron chi connectivity index (χ2n) is 4.34. The lowest BCUT2D eigenvalue weighted by atomic mass is 10.1. The van der Waals surface area contributed by atoms with Crippen molar-refractivity contribution in [1.29, 1.82) is 0 Å². The minimum Gasteiger partial charge on any atom is -0.381 e. The normalized spacial score (nSPS) is 17.5. The molecule has 0 spiro atoms. The van der Waals surface area contributed by atoms with E-state index in [2.05, 4.69) is 55.0 Å². The molecule has 0 bridgehead atoms. The van der Waals surface area contributed by atoms with Crippen LogP contribution in [0, 0.1) is 0 Å². The fraction of sp³-hybridized carbons (Fsp3) is 0.538. The van der Waals surface area contributed by atoms with E-state index in [0.29, 0.717) is 6.10 Å². The molecule has 0 amide bonds. The molecule has 0 unspecified atom stereocenters. The summed E-state index contributed by atoms with van der Waals surface area (Å²) in [5.74, 6) is 0. The first-order chi connectivity index (χ1) is 8.24. The van der Waals surface area contributed by atoms with Crippen LogP contribution in [0.2, 0.25) is 0 Å². The Morgan fingerprint density at radius 3 is 2.59 bits per heavy atom. The monoisotopic (exact) mass is 361 g/mol. The highest BCUT2D eigenvalue weighted by atomic mass is 79.9. The number of rotatable bonds is 3.